The Labute approximate surface area is 113 Å². The fraction of sp³-hybridized carbons (Fsp3) is 0.857. The Morgan fingerprint density at radius 1 is 1.32 bits per heavy atom. The van der Waals surface area contributed by atoms with Crippen LogP contribution in [-0.2, 0) is 19.1 Å². The van der Waals surface area contributed by atoms with Crippen molar-refractivity contribution in [2.75, 3.05) is 6.61 Å². The third kappa shape index (κ3) is 2.48. The van der Waals surface area contributed by atoms with Crippen LogP contribution in [-0.4, -0.2) is 35.9 Å². The van der Waals surface area contributed by atoms with E-state index in [2.05, 4.69) is 0 Å². The van der Waals surface area contributed by atoms with Crippen molar-refractivity contribution in [2.45, 2.75) is 58.2 Å². The van der Waals surface area contributed by atoms with Gasteiger partial charge in [-0.05, 0) is 32.6 Å². The highest BCUT2D eigenvalue weighted by molar-refractivity contribution is 5.78. The number of carbonyl (C=O) groups is 2. The van der Waals surface area contributed by atoms with E-state index in [1.807, 2.05) is 0 Å². The van der Waals surface area contributed by atoms with Gasteiger partial charge in [0.1, 0.15) is 6.10 Å². The largest absolute Gasteiger partial charge is 0.465 e. The Hall–Kier alpha value is -1.10. The molecule has 19 heavy (non-hydrogen) atoms. The van der Waals surface area contributed by atoms with Crippen molar-refractivity contribution < 1.29 is 24.2 Å². The van der Waals surface area contributed by atoms with Gasteiger partial charge in [-0.2, -0.15) is 0 Å². The van der Waals surface area contributed by atoms with Gasteiger partial charge in [0.2, 0.25) is 0 Å². The lowest BCUT2D eigenvalue weighted by atomic mass is 9.59. The average Bonchev–Trinajstić information content (AvgIpc) is 2.33. The quantitative estimate of drug-likeness (QED) is 0.785. The summed E-state index contributed by atoms with van der Waals surface area (Å²) in [6.07, 6.45) is 2.44. The number of carbonyl (C=O) groups excluding carboxylic acids is 2. The third-order valence-electron chi connectivity index (χ3n) is 4.48. The number of hydrogen-bond acceptors (Lipinski definition) is 5. The molecule has 0 saturated heterocycles. The van der Waals surface area contributed by atoms with Gasteiger partial charge in [0.15, 0.2) is 0 Å². The molecule has 3 unspecified atom stereocenters. The zero-order valence-electron chi connectivity index (χ0n) is 11.6. The third-order valence-corrected chi connectivity index (χ3v) is 4.48. The topological polar surface area (TPSA) is 72.8 Å². The molecule has 2 bridgehead atoms. The van der Waals surface area contributed by atoms with E-state index >= 15 is 0 Å². The predicted molar refractivity (Wildman–Crippen MR) is 67.2 cm³/mol. The lowest BCUT2D eigenvalue weighted by Gasteiger charge is -2.50. The van der Waals surface area contributed by atoms with E-state index in [1.165, 1.54) is 6.92 Å². The molecule has 0 spiro atoms. The van der Waals surface area contributed by atoms with Crippen molar-refractivity contribution in [3.8, 4) is 0 Å². The van der Waals surface area contributed by atoms with E-state index in [9.17, 15) is 14.7 Å². The van der Waals surface area contributed by atoms with Crippen LogP contribution in [0.4, 0.5) is 0 Å². The molecule has 0 radical (unpaired) electrons. The van der Waals surface area contributed by atoms with Gasteiger partial charge in [0, 0.05) is 12.8 Å². The van der Waals surface area contributed by atoms with E-state index in [0.29, 0.717) is 25.9 Å². The van der Waals surface area contributed by atoms with Gasteiger partial charge in [-0.3, -0.25) is 9.59 Å². The van der Waals surface area contributed by atoms with Crippen LogP contribution in [0.1, 0.15) is 46.0 Å². The first kappa shape index (κ1) is 14.3. The number of hydrogen-bond donors (Lipinski definition) is 1. The van der Waals surface area contributed by atoms with Crippen molar-refractivity contribution in [1.29, 1.82) is 0 Å². The summed E-state index contributed by atoms with van der Waals surface area (Å²) in [4.78, 5) is 23.3. The molecular formula is C14H22O5. The molecule has 5 heteroatoms. The minimum atomic E-state index is -0.782. The number of ether oxygens (including phenoxy) is 2. The molecule has 2 saturated carbocycles. The minimum Gasteiger partial charge on any atom is -0.465 e. The fourth-order valence-electron chi connectivity index (χ4n) is 3.60. The second-order valence-electron chi connectivity index (χ2n) is 5.56. The van der Waals surface area contributed by atoms with Crippen LogP contribution in [0.15, 0.2) is 0 Å². The number of rotatable bonds is 3. The molecule has 0 amide bonds. The van der Waals surface area contributed by atoms with Gasteiger partial charge in [0.05, 0.1) is 18.1 Å². The highest BCUT2D eigenvalue weighted by Crippen LogP contribution is 2.50. The van der Waals surface area contributed by atoms with Crippen LogP contribution < -0.4 is 0 Å². The molecule has 2 fully saturated rings. The number of aliphatic hydroxyl groups excluding tert-OH is 1. The van der Waals surface area contributed by atoms with Crippen LogP contribution in [0.2, 0.25) is 0 Å². The number of esters is 2. The van der Waals surface area contributed by atoms with Crippen LogP contribution in [0.25, 0.3) is 0 Å². The van der Waals surface area contributed by atoms with Gasteiger partial charge in [-0.25, -0.2) is 0 Å². The summed E-state index contributed by atoms with van der Waals surface area (Å²) in [5.74, 6) is -0.768. The average molecular weight is 270 g/mol. The van der Waals surface area contributed by atoms with E-state index in [1.54, 1.807) is 6.92 Å². The van der Waals surface area contributed by atoms with Crippen molar-refractivity contribution in [1.82, 2.24) is 0 Å². The van der Waals surface area contributed by atoms with Crippen LogP contribution in [0.3, 0.4) is 0 Å². The van der Waals surface area contributed by atoms with Gasteiger partial charge >= 0.3 is 11.9 Å². The fourth-order valence-corrected chi connectivity index (χ4v) is 3.60. The standard InChI is InChI=1S/C14H22O5/c1-3-18-13(17)14-7-4-5-10(12(14)16)11(6-8-14)19-9(2)15/h10-12,16H,3-8H2,1-2H3/t10?,11-,12?,14?/m1/s1. The first-order valence-electron chi connectivity index (χ1n) is 7.04. The lowest BCUT2D eigenvalue weighted by Crippen LogP contribution is -2.57. The molecule has 4 atom stereocenters. The van der Waals surface area contributed by atoms with Crippen LogP contribution >= 0.6 is 0 Å². The molecular weight excluding hydrogens is 248 g/mol. The monoisotopic (exact) mass is 270 g/mol. The first-order chi connectivity index (χ1) is 9.01. The van der Waals surface area contributed by atoms with Gasteiger partial charge < -0.3 is 14.6 Å². The zero-order chi connectivity index (χ0) is 14.0. The van der Waals surface area contributed by atoms with Gasteiger partial charge in [-0.15, -0.1) is 0 Å². The van der Waals surface area contributed by atoms with Crippen molar-refractivity contribution in [3.63, 3.8) is 0 Å². The van der Waals surface area contributed by atoms with E-state index in [4.69, 9.17) is 9.47 Å². The Kier molecular flexibility index (Phi) is 4.13. The van der Waals surface area contributed by atoms with Gasteiger partial charge in [-0.1, -0.05) is 6.42 Å². The molecule has 0 heterocycles. The highest BCUT2D eigenvalue weighted by atomic mass is 16.5. The Morgan fingerprint density at radius 2 is 2.05 bits per heavy atom. The van der Waals surface area contributed by atoms with E-state index < -0.39 is 11.5 Å². The van der Waals surface area contributed by atoms with E-state index in [-0.39, 0.29) is 24.0 Å². The molecule has 0 aromatic heterocycles. The summed E-state index contributed by atoms with van der Waals surface area (Å²) in [5.41, 5.74) is -0.782. The second kappa shape index (κ2) is 5.49. The van der Waals surface area contributed by atoms with Crippen molar-refractivity contribution in [2.24, 2.45) is 11.3 Å². The summed E-state index contributed by atoms with van der Waals surface area (Å²) >= 11 is 0. The summed E-state index contributed by atoms with van der Waals surface area (Å²) in [6.45, 7) is 3.47. The van der Waals surface area contributed by atoms with E-state index in [0.717, 1.165) is 12.8 Å². The molecule has 2 rings (SSSR count). The normalized spacial score (nSPS) is 37.5. The lowest BCUT2D eigenvalue weighted by molar-refractivity contribution is -0.192. The molecule has 0 aromatic rings. The van der Waals surface area contributed by atoms with Crippen molar-refractivity contribution >= 4 is 11.9 Å². The molecule has 0 aromatic carbocycles. The maximum atomic E-state index is 12.2. The van der Waals surface area contributed by atoms with Crippen LogP contribution in [0.5, 0.6) is 0 Å². The molecule has 108 valence electrons. The summed E-state index contributed by atoms with van der Waals surface area (Å²) in [7, 11) is 0. The first-order valence-corrected chi connectivity index (χ1v) is 7.04. The summed E-state index contributed by atoms with van der Waals surface area (Å²) in [6, 6.07) is 0. The zero-order valence-corrected chi connectivity index (χ0v) is 11.6. The molecule has 2 aliphatic rings. The Morgan fingerprint density at radius 3 is 2.68 bits per heavy atom. The van der Waals surface area contributed by atoms with Crippen molar-refractivity contribution in [3.05, 3.63) is 0 Å². The smallest absolute Gasteiger partial charge is 0.314 e. The molecule has 0 aliphatic heterocycles. The van der Waals surface area contributed by atoms with Gasteiger partial charge in [0.25, 0.3) is 0 Å². The van der Waals surface area contributed by atoms with Crippen LogP contribution in [0, 0.1) is 11.3 Å². The maximum absolute atomic E-state index is 12.2. The Bertz CT molecular complexity index is 367. The second-order valence-corrected chi connectivity index (χ2v) is 5.56. The molecule has 5 nitrogen and oxygen atoms in total. The SMILES string of the molecule is CCOC(=O)C12CCCC(C1O)[C@H](OC(C)=O)CC2. The molecule has 2 aliphatic carbocycles. The predicted octanol–water partition coefficient (Wildman–Crippen LogP) is 1.42. The summed E-state index contributed by atoms with van der Waals surface area (Å²) in [5, 5.41) is 10.5. The number of fused-ring (bicyclic) bond motifs is 2. The molecule has 1 N–H and O–H groups in total. The summed E-state index contributed by atoms with van der Waals surface area (Å²) < 4.78 is 10.4. The highest BCUT2D eigenvalue weighted by Gasteiger charge is 2.56. The Balaban J connectivity index is 2.17. The maximum Gasteiger partial charge on any atom is 0.314 e. The minimum absolute atomic E-state index is 0.143. The number of aliphatic hydroxyl groups is 1.